The summed E-state index contributed by atoms with van der Waals surface area (Å²) in [5.74, 6) is 6.39. The third-order valence-electron chi connectivity index (χ3n) is 1.54. The smallest absolute Gasteiger partial charge is 0.118 e. The Labute approximate surface area is 82.1 Å². The van der Waals surface area contributed by atoms with Crippen LogP contribution in [0.3, 0.4) is 0 Å². The van der Waals surface area contributed by atoms with Crippen molar-refractivity contribution in [1.82, 2.24) is 0 Å². The molecular formula is C10H9N3O. The molecule has 0 unspecified atom stereocenters. The third-order valence-corrected chi connectivity index (χ3v) is 1.54. The van der Waals surface area contributed by atoms with Crippen molar-refractivity contribution in [3.05, 3.63) is 40.3 Å². The van der Waals surface area contributed by atoms with E-state index in [1.54, 1.807) is 7.11 Å². The summed E-state index contributed by atoms with van der Waals surface area (Å²) in [6.45, 7) is 0.197. The first-order chi connectivity index (χ1) is 6.86. The van der Waals surface area contributed by atoms with Crippen molar-refractivity contribution >= 4 is 0 Å². The lowest BCUT2D eigenvalue weighted by Crippen LogP contribution is -1.82. The Balaban J connectivity index is 2.66. The van der Waals surface area contributed by atoms with Gasteiger partial charge in [0.05, 0.1) is 13.7 Å². The van der Waals surface area contributed by atoms with Crippen LogP contribution in [0.5, 0.6) is 5.75 Å². The van der Waals surface area contributed by atoms with Crippen molar-refractivity contribution in [2.45, 2.75) is 0 Å². The molecule has 0 spiro atoms. The van der Waals surface area contributed by atoms with E-state index in [4.69, 9.17) is 10.3 Å². The molecule has 0 saturated carbocycles. The first-order valence-electron chi connectivity index (χ1n) is 4.00. The lowest BCUT2D eigenvalue weighted by molar-refractivity contribution is 0.415. The van der Waals surface area contributed by atoms with Crippen LogP contribution >= 0.6 is 0 Å². The van der Waals surface area contributed by atoms with Crippen LogP contribution in [0.4, 0.5) is 0 Å². The maximum absolute atomic E-state index is 8.01. The van der Waals surface area contributed by atoms with Gasteiger partial charge in [-0.1, -0.05) is 17.0 Å². The molecule has 0 fully saturated rings. The quantitative estimate of drug-likeness (QED) is 0.303. The number of hydrogen-bond donors (Lipinski definition) is 0. The Morgan fingerprint density at radius 2 is 2.14 bits per heavy atom. The molecule has 1 aromatic rings. The normalized spacial score (nSPS) is 8.07. The number of hydrogen-bond acceptors (Lipinski definition) is 2. The van der Waals surface area contributed by atoms with Crippen LogP contribution in [-0.2, 0) is 0 Å². The van der Waals surface area contributed by atoms with Gasteiger partial charge in [0.25, 0.3) is 0 Å². The highest BCUT2D eigenvalue weighted by atomic mass is 16.5. The summed E-state index contributed by atoms with van der Waals surface area (Å²) >= 11 is 0. The second-order valence-corrected chi connectivity index (χ2v) is 2.42. The van der Waals surface area contributed by atoms with E-state index in [-0.39, 0.29) is 6.54 Å². The summed E-state index contributed by atoms with van der Waals surface area (Å²) < 4.78 is 5.00. The molecule has 0 aliphatic rings. The molecule has 14 heavy (non-hydrogen) atoms. The third kappa shape index (κ3) is 3.10. The van der Waals surface area contributed by atoms with E-state index in [2.05, 4.69) is 21.9 Å². The fourth-order valence-electron chi connectivity index (χ4n) is 0.883. The summed E-state index contributed by atoms with van der Waals surface area (Å²) in [6, 6.07) is 7.36. The average molecular weight is 187 g/mol. The molecule has 0 saturated heterocycles. The number of nitrogens with zero attached hydrogens (tertiary/aromatic N) is 3. The van der Waals surface area contributed by atoms with Crippen molar-refractivity contribution in [1.29, 1.82) is 0 Å². The molecule has 0 heterocycles. The Morgan fingerprint density at radius 3 is 2.71 bits per heavy atom. The summed E-state index contributed by atoms with van der Waals surface area (Å²) in [7, 11) is 1.61. The zero-order chi connectivity index (χ0) is 10.2. The van der Waals surface area contributed by atoms with E-state index in [9.17, 15) is 0 Å². The van der Waals surface area contributed by atoms with Gasteiger partial charge >= 0.3 is 0 Å². The van der Waals surface area contributed by atoms with E-state index < -0.39 is 0 Å². The van der Waals surface area contributed by atoms with Gasteiger partial charge in [-0.25, -0.2) is 0 Å². The molecule has 0 aromatic heterocycles. The fourth-order valence-corrected chi connectivity index (χ4v) is 0.883. The Morgan fingerprint density at radius 1 is 1.43 bits per heavy atom. The number of ether oxygens (including phenoxy) is 1. The molecular weight excluding hydrogens is 178 g/mol. The molecule has 0 aliphatic carbocycles. The molecule has 4 nitrogen and oxygen atoms in total. The molecule has 0 amide bonds. The molecule has 0 radical (unpaired) electrons. The Bertz CT molecular complexity index is 394. The van der Waals surface area contributed by atoms with Crippen LogP contribution in [0.2, 0.25) is 0 Å². The predicted octanol–water partition coefficient (Wildman–Crippen LogP) is 2.36. The lowest BCUT2D eigenvalue weighted by atomic mass is 10.2. The second kappa shape index (κ2) is 5.52. The number of azide groups is 1. The predicted molar refractivity (Wildman–Crippen MR) is 53.9 cm³/mol. The van der Waals surface area contributed by atoms with Crippen LogP contribution < -0.4 is 4.74 Å². The molecule has 0 N–H and O–H groups in total. The minimum Gasteiger partial charge on any atom is -0.497 e. The first kappa shape index (κ1) is 9.97. The molecule has 1 aromatic carbocycles. The minimum absolute atomic E-state index is 0.197. The largest absolute Gasteiger partial charge is 0.497 e. The summed E-state index contributed by atoms with van der Waals surface area (Å²) in [4.78, 5) is 2.60. The van der Waals surface area contributed by atoms with E-state index in [0.29, 0.717) is 0 Å². The van der Waals surface area contributed by atoms with Gasteiger partial charge in [-0.2, -0.15) is 0 Å². The molecule has 4 heteroatoms. The standard InChI is InChI=1S/C10H9N3O/c1-14-10-6-4-9(5-7-10)3-2-8-12-13-11/h4-7H,8H2,1H3. The van der Waals surface area contributed by atoms with Gasteiger partial charge in [-0.05, 0) is 29.8 Å². The highest BCUT2D eigenvalue weighted by Gasteiger charge is 1.88. The van der Waals surface area contributed by atoms with Gasteiger partial charge in [-0.3, -0.25) is 0 Å². The van der Waals surface area contributed by atoms with Gasteiger partial charge < -0.3 is 4.74 Å². The Kier molecular flexibility index (Phi) is 3.93. The van der Waals surface area contributed by atoms with Gasteiger partial charge in [0.1, 0.15) is 5.75 Å². The van der Waals surface area contributed by atoms with Crippen LogP contribution in [0.15, 0.2) is 29.4 Å². The zero-order valence-electron chi connectivity index (χ0n) is 7.77. The van der Waals surface area contributed by atoms with Crippen LogP contribution in [0, 0.1) is 11.8 Å². The lowest BCUT2D eigenvalue weighted by Gasteiger charge is -1.97. The number of rotatable bonds is 2. The number of benzene rings is 1. The molecule has 0 atom stereocenters. The maximum Gasteiger partial charge on any atom is 0.118 e. The van der Waals surface area contributed by atoms with E-state index >= 15 is 0 Å². The van der Waals surface area contributed by atoms with Crippen molar-refractivity contribution in [3.8, 4) is 17.6 Å². The fraction of sp³-hybridized carbons (Fsp3) is 0.200. The van der Waals surface area contributed by atoms with Crippen molar-refractivity contribution in [2.24, 2.45) is 5.11 Å². The van der Waals surface area contributed by atoms with Gasteiger partial charge in [0, 0.05) is 10.5 Å². The average Bonchev–Trinajstić information content (AvgIpc) is 2.25. The van der Waals surface area contributed by atoms with E-state index in [1.807, 2.05) is 24.3 Å². The van der Waals surface area contributed by atoms with Crippen LogP contribution in [0.1, 0.15) is 5.56 Å². The highest BCUT2D eigenvalue weighted by molar-refractivity contribution is 5.38. The van der Waals surface area contributed by atoms with Crippen molar-refractivity contribution < 1.29 is 4.74 Å². The highest BCUT2D eigenvalue weighted by Crippen LogP contribution is 2.09. The summed E-state index contributed by atoms with van der Waals surface area (Å²) in [5.41, 5.74) is 8.88. The van der Waals surface area contributed by atoms with E-state index in [1.165, 1.54) is 0 Å². The van der Waals surface area contributed by atoms with Gasteiger partial charge in [-0.15, -0.1) is 0 Å². The van der Waals surface area contributed by atoms with E-state index in [0.717, 1.165) is 11.3 Å². The maximum atomic E-state index is 8.01. The van der Waals surface area contributed by atoms with Crippen LogP contribution in [0.25, 0.3) is 10.4 Å². The zero-order valence-corrected chi connectivity index (χ0v) is 7.77. The second-order valence-electron chi connectivity index (χ2n) is 2.42. The van der Waals surface area contributed by atoms with Crippen molar-refractivity contribution in [3.63, 3.8) is 0 Å². The summed E-state index contributed by atoms with van der Waals surface area (Å²) in [5, 5.41) is 3.30. The molecule has 0 bridgehead atoms. The summed E-state index contributed by atoms with van der Waals surface area (Å²) in [6.07, 6.45) is 0. The minimum atomic E-state index is 0.197. The molecule has 1 rings (SSSR count). The van der Waals surface area contributed by atoms with Gasteiger partial charge in [0.2, 0.25) is 0 Å². The molecule has 0 aliphatic heterocycles. The molecule has 70 valence electrons. The Hall–Kier alpha value is -2.11. The van der Waals surface area contributed by atoms with Crippen molar-refractivity contribution in [2.75, 3.05) is 13.7 Å². The monoisotopic (exact) mass is 187 g/mol. The van der Waals surface area contributed by atoms with Gasteiger partial charge in [0.15, 0.2) is 0 Å². The SMILES string of the molecule is COc1ccc(C#CCN=[N+]=[N-])cc1. The topological polar surface area (TPSA) is 58.0 Å². The number of methoxy groups -OCH3 is 1. The van der Waals surface area contributed by atoms with Crippen LogP contribution in [-0.4, -0.2) is 13.7 Å². The first-order valence-corrected chi connectivity index (χ1v) is 4.00.